The molecule has 0 aliphatic heterocycles. The molecule has 0 spiro atoms. The van der Waals surface area contributed by atoms with Crippen molar-refractivity contribution in [3.05, 3.63) is 78.2 Å². The molecular formula is C25H17N7O. The van der Waals surface area contributed by atoms with Gasteiger partial charge in [0, 0.05) is 18.5 Å². The molecule has 8 heteroatoms. The van der Waals surface area contributed by atoms with Crippen LogP contribution in [0.25, 0.3) is 38.8 Å². The maximum Gasteiger partial charge on any atom is 0.226 e. The SMILES string of the molecule is COc1ccc(-n2/c(=N\C#N)n(C)c3cnc4ccc(-c5ccc(C#N)cc5)cc4c32)cn1. The molecule has 0 radical (unpaired) electrons. The molecule has 33 heavy (non-hydrogen) atoms. The van der Waals surface area contributed by atoms with Crippen LogP contribution in [0.5, 0.6) is 5.88 Å². The van der Waals surface area contributed by atoms with E-state index in [1.54, 1.807) is 37.7 Å². The zero-order valence-electron chi connectivity index (χ0n) is 17.9. The zero-order chi connectivity index (χ0) is 22.9. The molecule has 8 nitrogen and oxygen atoms in total. The first kappa shape index (κ1) is 20.0. The number of hydrogen-bond donors (Lipinski definition) is 0. The Morgan fingerprint density at radius 2 is 1.73 bits per heavy atom. The van der Waals surface area contributed by atoms with Crippen molar-refractivity contribution in [3.63, 3.8) is 0 Å². The summed E-state index contributed by atoms with van der Waals surface area (Å²) in [5.41, 5.74) is 6.28. The van der Waals surface area contributed by atoms with E-state index < -0.39 is 0 Å². The summed E-state index contributed by atoms with van der Waals surface area (Å²) in [4.78, 5) is 13.0. The minimum absolute atomic E-state index is 0.456. The molecule has 0 N–H and O–H groups in total. The van der Waals surface area contributed by atoms with Gasteiger partial charge in [-0.05, 0) is 41.5 Å². The van der Waals surface area contributed by atoms with Gasteiger partial charge < -0.3 is 9.30 Å². The number of aryl methyl sites for hydroxylation is 1. The Bertz CT molecular complexity index is 1660. The number of imidazole rings is 1. The normalized spacial score (nSPS) is 11.5. The van der Waals surface area contributed by atoms with Crippen LogP contribution < -0.4 is 10.4 Å². The van der Waals surface area contributed by atoms with Crippen molar-refractivity contribution in [1.82, 2.24) is 19.1 Å². The van der Waals surface area contributed by atoms with Gasteiger partial charge in [-0.25, -0.2) is 4.98 Å². The Balaban J connectivity index is 1.86. The quantitative estimate of drug-likeness (QED) is 0.404. The lowest BCUT2D eigenvalue weighted by molar-refractivity contribution is 0.398. The number of hydrogen-bond acceptors (Lipinski definition) is 6. The highest BCUT2D eigenvalue weighted by Crippen LogP contribution is 2.30. The topological polar surface area (TPSA) is 105 Å². The van der Waals surface area contributed by atoms with Crippen molar-refractivity contribution in [3.8, 4) is 35.0 Å². The molecule has 0 amide bonds. The molecule has 0 bridgehead atoms. The highest BCUT2D eigenvalue weighted by molar-refractivity contribution is 6.04. The summed E-state index contributed by atoms with van der Waals surface area (Å²) in [6, 6.07) is 19.3. The van der Waals surface area contributed by atoms with Gasteiger partial charge in [0.05, 0.1) is 53.4 Å². The fourth-order valence-corrected chi connectivity index (χ4v) is 3.96. The van der Waals surface area contributed by atoms with E-state index in [1.165, 1.54) is 0 Å². The fraction of sp³-hybridized carbons (Fsp3) is 0.0800. The maximum atomic E-state index is 9.35. The predicted molar refractivity (Wildman–Crippen MR) is 123 cm³/mol. The van der Waals surface area contributed by atoms with Crippen LogP contribution >= 0.6 is 0 Å². The average Bonchev–Trinajstić information content (AvgIpc) is 3.16. The van der Waals surface area contributed by atoms with Gasteiger partial charge in [0.2, 0.25) is 17.7 Å². The van der Waals surface area contributed by atoms with Crippen molar-refractivity contribution >= 4 is 21.9 Å². The van der Waals surface area contributed by atoms with E-state index in [1.807, 2.05) is 52.7 Å². The maximum absolute atomic E-state index is 9.35. The van der Waals surface area contributed by atoms with Crippen LogP contribution in [0.2, 0.25) is 0 Å². The largest absolute Gasteiger partial charge is 0.481 e. The minimum atomic E-state index is 0.456. The number of rotatable bonds is 3. The van der Waals surface area contributed by atoms with Crippen LogP contribution in [0.1, 0.15) is 5.56 Å². The molecule has 5 rings (SSSR count). The summed E-state index contributed by atoms with van der Waals surface area (Å²) in [6.07, 6.45) is 5.37. The molecule has 3 aromatic heterocycles. The Hall–Kier alpha value is -4.95. The Morgan fingerprint density at radius 3 is 2.39 bits per heavy atom. The van der Waals surface area contributed by atoms with Gasteiger partial charge in [0.25, 0.3) is 0 Å². The fourth-order valence-electron chi connectivity index (χ4n) is 3.96. The van der Waals surface area contributed by atoms with E-state index in [0.29, 0.717) is 17.1 Å². The lowest BCUT2D eigenvalue weighted by atomic mass is 10.0. The van der Waals surface area contributed by atoms with Crippen LogP contribution in [0.3, 0.4) is 0 Å². The van der Waals surface area contributed by atoms with Crippen molar-refractivity contribution in [2.75, 3.05) is 7.11 Å². The van der Waals surface area contributed by atoms with Crippen LogP contribution in [0.4, 0.5) is 0 Å². The van der Waals surface area contributed by atoms with E-state index in [-0.39, 0.29) is 0 Å². The molecule has 0 saturated carbocycles. The lowest BCUT2D eigenvalue weighted by Crippen LogP contribution is -2.22. The first-order chi connectivity index (χ1) is 16.1. The highest BCUT2D eigenvalue weighted by Gasteiger charge is 2.16. The van der Waals surface area contributed by atoms with Crippen LogP contribution in [-0.4, -0.2) is 26.2 Å². The number of pyridine rings is 2. The molecule has 158 valence electrons. The number of benzene rings is 2. The number of fused-ring (bicyclic) bond motifs is 3. The molecule has 0 fully saturated rings. The van der Waals surface area contributed by atoms with Crippen LogP contribution in [0, 0.1) is 22.8 Å². The Labute approximate surface area is 188 Å². The second-order valence-electron chi connectivity index (χ2n) is 7.38. The molecule has 0 unspecified atom stereocenters. The molecule has 0 aliphatic carbocycles. The van der Waals surface area contributed by atoms with Crippen molar-refractivity contribution < 1.29 is 4.74 Å². The van der Waals surface area contributed by atoms with Crippen molar-refractivity contribution in [2.24, 2.45) is 12.0 Å². The summed E-state index contributed by atoms with van der Waals surface area (Å²) in [7, 11) is 3.41. The van der Waals surface area contributed by atoms with Gasteiger partial charge in [-0.3, -0.25) is 9.55 Å². The number of ether oxygens (including phenoxy) is 1. The summed E-state index contributed by atoms with van der Waals surface area (Å²) < 4.78 is 8.93. The molecule has 3 heterocycles. The zero-order valence-corrected chi connectivity index (χ0v) is 17.9. The van der Waals surface area contributed by atoms with E-state index in [2.05, 4.69) is 27.1 Å². The van der Waals surface area contributed by atoms with Gasteiger partial charge in [0.1, 0.15) is 0 Å². The summed E-state index contributed by atoms with van der Waals surface area (Å²) in [5, 5.41) is 19.4. The van der Waals surface area contributed by atoms with Gasteiger partial charge in [0.15, 0.2) is 0 Å². The third-order valence-electron chi connectivity index (χ3n) is 5.59. The summed E-state index contributed by atoms with van der Waals surface area (Å²) >= 11 is 0. The molecular weight excluding hydrogens is 414 g/mol. The van der Waals surface area contributed by atoms with Crippen molar-refractivity contribution in [1.29, 1.82) is 10.5 Å². The summed E-state index contributed by atoms with van der Waals surface area (Å²) in [5.74, 6) is 0.494. The standard InChI is InChI=1S/C25H17N7O/c1-31-22-14-28-21-9-7-18(17-5-3-16(12-26)4-6-17)11-20(21)24(22)32(25(31)30-15-27)19-8-10-23(33-2)29-13-19/h3-11,13-14H,1-2H3/b30-25-. The third kappa shape index (κ3) is 3.27. The van der Waals surface area contributed by atoms with Crippen molar-refractivity contribution in [2.45, 2.75) is 0 Å². The first-order valence-electron chi connectivity index (χ1n) is 10.1. The minimum Gasteiger partial charge on any atom is -0.481 e. The van der Waals surface area contributed by atoms with E-state index in [0.717, 1.165) is 38.8 Å². The molecule has 2 aromatic carbocycles. The number of nitriles is 2. The Morgan fingerprint density at radius 1 is 0.939 bits per heavy atom. The van der Waals surface area contributed by atoms with E-state index >= 15 is 0 Å². The Kier molecular flexibility index (Phi) is 4.81. The van der Waals surface area contributed by atoms with E-state index in [9.17, 15) is 5.26 Å². The third-order valence-corrected chi connectivity index (χ3v) is 5.59. The number of nitrogens with zero attached hydrogens (tertiary/aromatic N) is 7. The van der Waals surface area contributed by atoms with Crippen LogP contribution in [-0.2, 0) is 7.05 Å². The lowest BCUT2D eigenvalue weighted by Gasteiger charge is -2.09. The van der Waals surface area contributed by atoms with E-state index in [4.69, 9.17) is 10.00 Å². The first-order valence-corrected chi connectivity index (χ1v) is 10.1. The molecule has 0 atom stereocenters. The second kappa shape index (κ2) is 7.95. The molecule has 5 aromatic rings. The number of methoxy groups -OCH3 is 1. The molecule has 0 saturated heterocycles. The monoisotopic (exact) mass is 431 g/mol. The number of aromatic nitrogens is 4. The highest BCUT2D eigenvalue weighted by atomic mass is 16.5. The predicted octanol–water partition coefficient (Wildman–Crippen LogP) is 3.84. The van der Waals surface area contributed by atoms with Gasteiger partial charge in [-0.1, -0.05) is 18.2 Å². The van der Waals surface area contributed by atoms with Gasteiger partial charge in [-0.2, -0.15) is 10.5 Å². The summed E-state index contributed by atoms with van der Waals surface area (Å²) in [6.45, 7) is 0. The van der Waals surface area contributed by atoms with Crippen LogP contribution in [0.15, 0.2) is 72.0 Å². The molecule has 0 aliphatic rings. The van der Waals surface area contributed by atoms with Gasteiger partial charge in [-0.15, -0.1) is 4.99 Å². The van der Waals surface area contributed by atoms with Gasteiger partial charge >= 0.3 is 0 Å². The second-order valence-corrected chi connectivity index (χ2v) is 7.38. The smallest absolute Gasteiger partial charge is 0.226 e. The average molecular weight is 431 g/mol.